The molecular formula is C10H15BrN2. The molecule has 0 unspecified atom stereocenters. The number of hydrogen-bond acceptors (Lipinski definition) is 1. The van der Waals surface area contributed by atoms with Gasteiger partial charge in [-0.3, -0.25) is 4.68 Å². The van der Waals surface area contributed by atoms with Crippen LogP contribution in [0.15, 0.2) is 5.57 Å². The summed E-state index contributed by atoms with van der Waals surface area (Å²) in [5, 5.41) is 5.27. The second kappa shape index (κ2) is 4.09. The Morgan fingerprint density at radius 3 is 2.54 bits per heavy atom. The largest absolute Gasteiger partial charge is 0.272 e. The number of aryl methyl sites for hydroxylation is 2. The van der Waals surface area contributed by atoms with E-state index in [1.807, 2.05) is 18.7 Å². The number of allylic oxidation sites excluding steroid dienone is 1. The minimum absolute atomic E-state index is 0.917. The third kappa shape index (κ3) is 2.21. The molecule has 3 heteroatoms. The van der Waals surface area contributed by atoms with E-state index in [-0.39, 0.29) is 0 Å². The fraction of sp³-hybridized carbons (Fsp3) is 0.500. The summed E-state index contributed by atoms with van der Waals surface area (Å²) in [6.45, 7) is 6.24. The monoisotopic (exact) mass is 242 g/mol. The Labute approximate surface area is 87.8 Å². The molecule has 0 atom stereocenters. The Hall–Kier alpha value is -0.570. The Balaban J connectivity index is 3.14. The van der Waals surface area contributed by atoms with E-state index in [0.29, 0.717) is 0 Å². The van der Waals surface area contributed by atoms with Crippen LogP contribution in [0.3, 0.4) is 0 Å². The van der Waals surface area contributed by atoms with Crippen molar-refractivity contribution in [3.8, 4) is 0 Å². The summed E-state index contributed by atoms with van der Waals surface area (Å²) in [5.74, 6) is 0. The van der Waals surface area contributed by atoms with Gasteiger partial charge in [-0.2, -0.15) is 5.10 Å². The molecule has 0 spiro atoms. The Bertz CT molecular complexity index is 337. The molecule has 0 radical (unpaired) electrons. The van der Waals surface area contributed by atoms with E-state index < -0.39 is 0 Å². The van der Waals surface area contributed by atoms with E-state index in [9.17, 15) is 0 Å². The van der Waals surface area contributed by atoms with Crippen LogP contribution in [0, 0.1) is 13.8 Å². The smallest absolute Gasteiger partial charge is 0.0668 e. The van der Waals surface area contributed by atoms with E-state index in [2.05, 4.69) is 41.0 Å². The van der Waals surface area contributed by atoms with Gasteiger partial charge in [0.1, 0.15) is 0 Å². The SMILES string of the molecule is CC(=Cc1c(C)nn(C)c1C)CBr. The van der Waals surface area contributed by atoms with Gasteiger partial charge in [-0.15, -0.1) is 0 Å². The van der Waals surface area contributed by atoms with Crippen LogP contribution in [0.25, 0.3) is 6.08 Å². The van der Waals surface area contributed by atoms with Crippen LogP contribution in [0.5, 0.6) is 0 Å². The van der Waals surface area contributed by atoms with Gasteiger partial charge in [-0.25, -0.2) is 0 Å². The van der Waals surface area contributed by atoms with E-state index in [4.69, 9.17) is 0 Å². The first-order valence-electron chi connectivity index (χ1n) is 4.29. The van der Waals surface area contributed by atoms with Crippen molar-refractivity contribution in [3.63, 3.8) is 0 Å². The van der Waals surface area contributed by atoms with Crippen LogP contribution in [0.2, 0.25) is 0 Å². The molecule has 1 rings (SSSR count). The van der Waals surface area contributed by atoms with Crippen molar-refractivity contribution < 1.29 is 0 Å². The van der Waals surface area contributed by atoms with E-state index in [0.717, 1.165) is 11.0 Å². The third-order valence-electron chi connectivity index (χ3n) is 2.17. The van der Waals surface area contributed by atoms with Gasteiger partial charge >= 0.3 is 0 Å². The number of rotatable bonds is 2. The highest BCUT2D eigenvalue weighted by Gasteiger charge is 2.05. The molecule has 0 aliphatic rings. The van der Waals surface area contributed by atoms with E-state index in [1.165, 1.54) is 16.8 Å². The predicted octanol–water partition coefficient (Wildman–Crippen LogP) is 2.84. The molecule has 0 aliphatic heterocycles. The van der Waals surface area contributed by atoms with Gasteiger partial charge in [0.25, 0.3) is 0 Å². The summed E-state index contributed by atoms with van der Waals surface area (Å²) in [5.41, 5.74) is 4.89. The van der Waals surface area contributed by atoms with Gasteiger partial charge in [-0.1, -0.05) is 27.6 Å². The van der Waals surface area contributed by atoms with Crippen molar-refractivity contribution in [1.82, 2.24) is 9.78 Å². The molecule has 2 nitrogen and oxygen atoms in total. The highest BCUT2D eigenvalue weighted by molar-refractivity contribution is 9.09. The Kier molecular flexibility index (Phi) is 3.31. The summed E-state index contributed by atoms with van der Waals surface area (Å²) in [6, 6.07) is 0. The Morgan fingerprint density at radius 2 is 2.15 bits per heavy atom. The van der Waals surface area contributed by atoms with Crippen molar-refractivity contribution in [1.29, 1.82) is 0 Å². The molecule has 0 fully saturated rings. The lowest BCUT2D eigenvalue weighted by molar-refractivity contribution is 0.731. The minimum atomic E-state index is 0.917. The Morgan fingerprint density at radius 1 is 1.54 bits per heavy atom. The quantitative estimate of drug-likeness (QED) is 0.730. The number of nitrogens with zero attached hydrogens (tertiary/aromatic N) is 2. The molecule has 1 heterocycles. The first kappa shape index (κ1) is 10.5. The fourth-order valence-corrected chi connectivity index (χ4v) is 1.45. The topological polar surface area (TPSA) is 17.8 Å². The molecule has 0 aromatic carbocycles. The summed E-state index contributed by atoms with van der Waals surface area (Å²) < 4.78 is 1.92. The van der Waals surface area contributed by atoms with Crippen molar-refractivity contribution >= 4 is 22.0 Å². The lowest BCUT2D eigenvalue weighted by Gasteiger charge is -1.97. The zero-order valence-corrected chi connectivity index (χ0v) is 10.1. The second-order valence-corrected chi connectivity index (χ2v) is 3.89. The molecule has 1 aromatic rings. The zero-order valence-electron chi connectivity index (χ0n) is 8.56. The molecule has 0 amide bonds. The van der Waals surface area contributed by atoms with Gasteiger partial charge in [0.05, 0.1) is 5.69 Å². The van der Waals surface area contributed by atoms with Gasteiger partial charge in [0.15, 0.2) is 0 Å². The zero-order chi connectivity index (χ0) is 10.0. The fourth-order valence-electron chi connectivity index (χ4n) is 1.28. The first-order chi connectivity index (χ1) is 6.06. The molecule has 13 heavy (non-hydrogen) atoms. The molecule has 0 aliphatic carbocycles. The van der Waals surface area contributed by atoms with Crippen molar-refractivity contribution in [2.24, 2.45) is 7.05 Å². The third-order valence-corrected chi connectivity index (χ3v) is 3.05. The molecule has 1 aromatic heterocycles. The van der Waals surface area contributed by atoms with Crippen molar-refractivity contribution in [3.05, 3.63) is 22.5 Å². The minimum Gasteiger partial charge on any atom is -0.272 e. The van der Waals surface area contributed by atoms with Crippen LogP contribution in [0.4, 0.5) is 0 Å². The number of halogens is 1. The van der Waals surface area contributed by atoms with Crippen LogP contribution in [0.1, 0.15) is 23.9 Å². The summed E-state index contributed by atoms with van der Waals surface area (Å²) >= 11 is 3.43. The molecule has 0 bridgehead atoms. The van der Waals surface area contributed by atoms with Crippen LogP contribution in [-0.2, 0) is 7.05 Å². The maximum atomic E-state index is 4.35. The predicted molar refractivity (Wildman–Crippen MR) is 60.1 cm³/mol. The number of alkyl halides is 1. The standard InChI is InChI=1S/C10H15BrN2/c1-7(6-11)5-10-8(2)12-13(4)9(10)3/h5H,6H2,1-4H3. The molecule has 0 N–H and O–H groups in total. The highest BCUT2D eigenvalue weighted by Crippen LogP contribution is 2.16. The van der Waals surface area contributed by atoms with Crippen LogP contribution >= 0.6 is 15.9 Å². The molecule has 0 saturated heterocycles. The summed E-state index contributed by atoms with van der Waals surface area (Å²) in [7, 11) is 1.98. The molecule has 0 saturated carbocycles. The van der Waals surface area contributed by atoms with Gasteiger partial charge in [0.2, 0.25) is 0 Å². The average Bonchev–Trinajstić information content (AvgIpc) is 2.32. The summed E-state index contributed by atoms with van der Waals surface area (Å²) in [4.78, 5) is 0. The maximum absolute atomic E-state index is 4.35. The van der Waals surface area contributed by atoms with Crippen LogP contribution in [-0.4, -0.2) is 15.1 Å². The lowest BCUT2D eigenvalue weighted by Crippen LogP contribution is -1.92. The second-order valence-electron chi connectivity index (χ2n) is 3.33. The van der Waals surface area contributed by atoms with Gasteiger partial charge in [-0.05, 0) is 20.8 Å². The number of aromatic nitrogens is 2. The van der Waals surface area contributed by atoms with Gasteiger partial charge in [0, 0.05) is 23.6 Å². The van der Waals surface area contributed by atoms with Crippen LogP contribution < -0.4 is 0 Å². The number of hydrogen-bond donors (Lipinski definition) is 0. The van der Waals surface area contributed by atoms with E-state index >= 15 is 0 Å². The summed E-state index contributed by atoms with van der Waals surface area (Å²) in [6.07, 6.45) is 2.19. The van der Waals surface area contributed by atoms with E-state index in [1.54, 1.807) is 0 Å². The van der Waals surface area contributed by atoms with Crippen molar-refractivity contribution in [2.45, 2.75) is 20.8 Å². The maximum Gasteiger partial charge on any atom is 0.0668 e. The highest BCUT2D eigenvalue weighted by atomic mass is 79.9. The van der Waals surface area contributed by atoms with Crippen molar-refractivity contribution in [2.75, 3.05) is 5.33 Å². The van der Waals surface area contributed by atoms with Gasteiger partial charge < -0.3 is 0 Å². The molecular weight excluding hydrogens is 228 g/mol. The molecule has 72 valence electrons. The average molecular weight is 243 g/mol. The normalized spacial score (nSPS) is 12.2. The lowest BCUT2D eigenvalue weighted by atomic mass is 10.1. The first-order valence-corrected chi connectivity index (χ1v) is 5.41.